The first-order valence-electron chi connectivity index (χ1n) is 11.0. The Bertz CT molecular complexity index is 1220. The fourth-order valence-electron chi connectivity index (χ4n) is 4.23. The summed E-state index contributed by atoms with van der Waals surface area (Å²) in [5.74, 6) is 0.378. The first-order valence-corrected chi connectivity index (χ1v) is 12.1. The van der Waals surface area contributed by atoms with E-state index in [1.165, 1.54) is 19.3 Å². The molecule has 2 aromatic heterocycles. The Balaban J connectivity index is 1.57. The highest BCUT2D eigenvalue weighted by Gasteiger charge is 2.40. The molecule has 0 unspecified atom stereocenters. The molecule has 3 atom stereocenters. The smallest absolute Gasteiger partial charge is 0.255 e. The van der Waals surface area contributed by atoms with Crippen molar-refractivity contribution in [2.75, 3.05) is 18.4 Å². The van der Waals surface area contributed by atoms with Crippen LogP contribution >= 0.6 is 34.8 Å². The number of pyridine rings is 2. The summed E-state index contributed by atoms with van der Waals surface area (Å²) in [4.78, 5) is 34.7. The van der Waals surface area contributed by atoms with Crippen molar-refractivity contribution in [3.8, 4) is 5.88 Å². The van der Waals surface area contributed by atoms with Crippen LogP contribution in [-0.4, -0.2) is 45.9 Å². The van der Waals surface area contributed by atoms with Crippen molar-refractivity contribution in [2.45, 2.75) is 25.9 Å². The number of likely N-dealkylation sites (tertiary alicyclic amines) is 1. The van der Waals surface area contributed by atoms with Crippen LogP contribution in [0.3, 0.4) is 0 Å². The molecule has 1 fully saturated rings. The zero-order valence-electron chi connectivity index (χ0n) is 19.0. The molecule has 3 aromatic rings. The van der Waals surface area contributed by atoms with E-state index in [-0.39, 0.29) is 29.8 Å². The van der Waals surface area contributed by atoms with Crippen molar-refractivity contribution < 1.29 is 14.3 Å². The monoisotopic (exact) mass is 532 g/mol. The molecule has 10 heteroatoms. The minimum atomic E-state index is -0.263. The minimum Gasteiger partial charge on any atom is -0.474 e. The summed E-state index contributed by atoms with van der Waals surface area (Å²) in [6, 6.07) is 12.2. The van der Waals surface area contributed by atoms with Gasteiger partial charge in [-0.2, -0.15) is 0 Å². The molecular formula is C25H23Cl3N4O3. The molecule has 1 aromatic carbocycles. The number of halogens is 3. The summed E-state index contributed by atoms with van der Waals surface area (Å²) in [7, 11) is 0. The van der Waals surface area contributed by atoms with E-state index in [2.05, 4.69) is 15.3 Å². The lowest BCUT2D eigenvalue weighted by Crippen LogP contribution is -2.32. The average molecular weight is 534 g/mol. The molecular weight excluding hydrogens is 511 g/mol. The summed E-state index contributed by atoms with van der Waals surface area (Å²) in [5.41, 5.74) is 1.40. The van der Waals surface area contributed by atoms with Crippen molar-refractivity contribution in [2.24, 2.45) is 5.92 Å². The fourth-order valence-corrected chi connectivity index (χ4v) is 4.65. The third-order valence-electron chi connectivity index (χ3n) is 5.95. The van der Waals surface area contributed by atoms with Crippen LogP contribution in [-0.2, 0) is 4.79 Å². The molecule has 0 aliphatic carbocycles. The first-order chi connectivity index (χ1) is 16.7. The molecule has 3 heterocycles. The van der Waals surface area contributed by atoms with Gasteiger partial charge in [-0.1, -0.05) is 40.9 Å². The van der Waals surface area contributed by atoms with Crippen LogP contribution in [0, 0.1) is 5.92 Å². The molecule has 1 aliphatic rings. The quantitative estimate of drug-likeness (QED) is 0.438. The van der Waals surface area contributed by atoms with Gasteiger partial charge in [0.2, 0.25) is 11.8 Å². The number of benzene rings is 1. The van der Waals surface area contributed by atoms with E-state index in [1.54, 1.807) is 35.2 Å². The van der Waals surface area contributed by atoms with Crippen LogP contribution in [0.4, 0.5) is 5.82 Å². The second kappa shape index (κ2) is 10.8. The van der Waals surface area contributed by atoms with Crippen LogP contribution in [0.25, 0.3) is 0 Å². The van der Waals surface area contributed by atoms with Gasteiger partial charge in [-0.25, -0.2) is 9.97 Å². The Morgan fingerprint density at radius 1 is 1.03 bits per heavy atom. The Morgan fingerprint density at radius 3 is 2.46 bits per heavy atom. The highest BCUT2D eigenvalue weighted by molar-refractivity contribution is 6.42. The maximum atomic E-state index is 13.3. The van der Waals surface area contributed by atoms with Gasteiger partial charge in [0.1, 0.15) is 11.9 Å². The van der Waals surface area contributed by atoms with Crippen molar-refractivity contribution in [1.82, 2.24) is 14.9 Å². The van der Waals surface area contributed by atoms with Crippen LogP contribution in [0.15, 0.2) is 54.9 Å². The summed E-state index contributed by atoms with van der Waals surface area (Å²) < 4.78 is 6.13. The molecule has 1 N–H and O–H groups in total. The molecule has 1 saturated heterocycles. The predicted octanol–water partition coefficient (Wildman–Crippen LogP) is 5.72. The second-order valence-corrected chi connectivity index (χ2v) is 9.66. The molecule has 7 nitrogen and oxygen atoms in total. The lowest BCUT2D eigenvalue weighted by atomic mass is 9.86. The maximum absolute atomic E-state index is 13.3. The van der Waals surface area contributed by atoms with Crippen LogP contribution in [0.2, 0.25) is 15.1 Å². The average Bonchev–Trinajstić information content (AvgIpc) is 3.28. The van der Waals surface area contributed by atoms with E-state index in [0.717, 1.165) is 5.56 Å². The lowest BCUT2D eigenvalue weighted by Gasteiger charge is -2.25. The third-order valence-corrected chi connectivity index (χ3v) is 6.91. The van der Waals surface area contributed by atoms with Crippen molar-refractivity contribution in [3.63, 3.8) is 0 Å². The Hall–Kier alpha value is -2.87. The van der Waals surface area contributed by atoms with Gasteiger partial charge in [-0.05, 0) is 42.8 Å². The number of hydrogen-bond acceptors (Lipinski definition) is 5. The molecule has 0 bridgehead atoms. The van der Waals surface area contributed by atoms with Gasteiger partial charge in [0.15, 0.2) is 0 Å². The zero-order valence-corrected chi connectivity index (χ0v) is 21.3. The lowest BCUT2D eigenvalue weighted by molar-refractivity contribution is -0.114. The molecule has 35 heavy (non-hydrogen) atoms. The van der Waals surface area contributed by atoms with Crippen molar-refractivity contribution >= 4 is 52.4 Å². The van der Waals surface area contributed by atoms with Crippen molar-refractivity contribution in [3.05, 3.63) is 81.1 Å². The number of aromatic nitrogens is 2. The highest BCUT2D eigenvalue weighted by Crippen LogP contribution is 2.38. The van der Waals surface area contributed by atoms with Gasteiger partial charge in [0.25, 0.3) is 5.91 Å². The summed E-state index contributed by atoms with van der Waals surface area (Å²) in [6.07, 6.45) is 2.73. The number of anilines is 1. The van der Waals surface area contributed by atoms with Gasteiger partial charge in [0, 0.05) is 50.3 Å². The Morgan fingerprint density at radius 2 is 1.83 bits per heavy atom. The number of nitrogens with one attached hydrogen (secondary N) is 1. The first kappa shape index (κ1) is 25.2. The van der Waals surface area contributed by atoms with E-state index in [4.69, 9.17) is 39.5 Å². The number of carbonyl (C=O) groups excluding carboxylic acids is 2. The molecule has 1 aliphatic heterocycles. The van der Waals surface area contributed by atoms with Crippen LogP contribution < -0.4 is 10.1 Å². The van der Waals surface area contributed by atoms with Gasteiger partial charge in [-0.15, -0.1) is 0 Å². The normalized spacial score (nSPS) is 18.3. The minimum absolute atomic E-state index is 0.0392. The number of amides is 2. The molecule has 4 rings (SSSR count). The van der Waals surface area contributed by atoms with Crippen LogP contribution in [0.1, 0.15) is 35.7 Å². The number of rotatable bonds is 6. The van der Waals surface area contributed by atoms with E-state index in [9.17, 15) is 9.59 Å². The fraction of sp³-hybridized carbons (Fsp3) is 0.280. The molecule has 0 saturated carbocycles. The Kier molecular flexibility index (Phi) is 7.79. The summed E-state index contributed by atoms with van der Waals surface area (Å²) in [6.45, 7) is 4.29. The van der Waals surface area contributed by atoms with Gasteiger partial charge >= 0.3 is 0 Å². The van der Waals surface area contributed by atoms with Gasteiger partial charge in [-0.3, -0.25) is 9.59 Å². The summed E-state index contributed by atoms with van der Waals surface area (Å²) >= 11 is 18.4. The van der Waals surface area contributed by atoms with Gasteiger partial charge < -0.3 is 15.0 Å². The molecule has 0 spiro atoms. The van der Waals surface area contributed by atoms with Crippen molar-refractivity contribution in [1.29, 1.82) is 0 Å². The SMILES string of the molecule is CC(=O)Nc1ccc(C(=O)N2C[C@@H]([C@H](C)Oc3ccc(Cl)cn3)[C@@H](c3ccc(Cl)c(Cl)c3)C2)cn1. The zero-order chi connectivity index (χ0) is 25.1. The second-order valence-electron chi connectivity index (χ2n) is 8.40. The predicted molar refractivity (Wildman–Crippen MR) is 136 cm³/mol. The number of ether oxygens (including phenoxy) is 1. The van der Waals surface area contributed by atoms with E-state index >= 15 is 0 Å². The highest BCUT2D eigenvalue weighted by atomic mass is 35.5. The van der Waals surface area contributed by atoms with E-state index in [1.807, 2.05) is 19.1 Å². The standard InChI is InChI=1S/C25H23Cl3N4O3/c1-14(35-24-8-5-18(26)11-30-24)19-12-32(13-20(19)16-3-6-21(27)22(28)9-16)25(34)17-4-7-23(29-10-17)31-15(2)33/h3-11,14,19-20H,12-13H2,1-2H3,(H,29,31,33)/t14-,19-,20+/m0/s1. The van der Waals surface area contributed by atoms with E-state index in [0.29, 0.717) is 45.4 Å². The molecule has 182 valence electrons. The number of nitrogens with zero attached hydrogens (tertiary/aromatic N) is 3. The van der Waals surface area contributed by atoms with Gasteiger partial charge in [0.05, 0.1) is 20.6 Å². The van der Waals surface area contributed by atoms with E-state index < -0.39 is 0 Å². The largest absolute Gasteiger partial charge is 0.474 e. The number of hydrogen-bond donors (Lipinski definition) is 1. The molecule has 0 radical (unpaired) electrons. The van der Waals surface area contributed by atoms with Crippen LogP contribution in [0.5, 0.6) is 5.88 Å². The molecule has 2 amide bonds. The third kappa shape index (κ3) is 6.04. The Labute approximate surface area is 218 Å². The topological polar surface area (TPSA) is 84.4 Å². The maximum Gasteiger partial charge on any atom is 0.255 e. The number of carbonyl (C=O) groups is 2. The summed E-state index contributed by atoms with van der Waals surface area (Å²) in [5, 5.41) is 4.05.